The molecule has 0 radical (unpaired) electrons. The number of hydrogen-bond donors (Lipinski definition) is 2. The second-order valence-electron chi connectivity index (χ2n) is 7.86. The second-order valence-corrected chi connectivity index (χ2v) is 9.97. The summed E-state index contributed by atoms with van der Waals surface area (Å²) in [4.78, 5) is 4.46. The Morgan fingerprint density at radius 1 is 1.04 bits per heavy atom. The Bertz CT molecular complexity index is 905. The molecule has 0 amide bonds. The summed E-state index contributed by atoms with van der Waals surface area (Å²) < 4.78 is 25.0. The molecule has 0 unspecified atom stereocenters. The molecule has 0 spiro atoms. The first kappa shape index (κ1) is 21.0. The lowest BCUT2D eigenvalue weighted by Gasteiger charge is -2.19. The molecule has 0 aliphatic rings. The van der Waals surface area contributed by atoms with Crippen LogP contribution < -0.4 is 11.1 Å². The van der Waals surface area contributed by atoms with Crippen molar-refractivity contribution in [2.75, 3.05) is 17.6 Å². The second kappa shape index (κ2) is 8.13. The predicted molar refractivity (Wildman–Crippen MR) is 113 cm³/mol. The molecule has 6 heteroatoms. The van der Waals surface area contributed by atoms with E-state index in [-0.39, 0.29) is 23.7 Å². The minimum atomic E-state index is -3.39. The van der Waals surface area contributed by atoms with Gasteiger partial charge in [-0.3, -0.25) is 4.99 Å². The first-order chi connectivity index (χ1) is 12.5. The van der Waals surface area contributed by atoms with Gasteiger partial charge in [-0.05, 0) is 60.2 Å². The number of hydrogen-bond acceptors (Lipinski definition) is 3. The van der Waals surface area contributed by atoms with Gasteiger partial charge in [-0.1, -0.05) is 39.0 Å². The summed E-state index contributed by atoms with van der Waals surface area (Å²) in [7, 11) is -3.39. The van der Waals surface area contributed by atoms with Crippen LogP contribution in [0.5, 0.6) is 0 Å². The van der Waals surface area contributed by atoms with Crippen molar-refractivity contribution in [1.82, 2.24) is 0 Å². The van der Waals surface area contributed by atoms with Crippen LogP contribution in [0.25, 0.3) is 0 Å². The van der Waals surface area contributed by atoms with Crippen LogP contribution >= 0.6 is 0 Å². The van der Waals surface area contributed by atoms with Gasteiger partial charge >= 0.3 is 0 Å². The van der Waals surface area contributed by atoms with E-state index in [0.717, 1.165) is 22.4 Å². The van der Waals surface area contributed by atoms with E-state index in [1.807, 2.05) is 38.1 Å². The Morgan fingerprint density at radius 3 is 2.11 bits per heavy atom. The van der Waals surface area contributed by atoms with Crippen LogP contribution in [0.3, 0.4) is 0 Å². The molecule has 0 saturated carbocycles. The van der Waals surface area contributed by atoms with E-state index >= 15 is 0 Å². The molecule has 0 aliphatic heterocycles. The Balaban J connectivity index is 2.00. The maximum Gasteiger partial charge on any atom is 0.193 e. The molecule has 3 N–H and O–H groups in total. The summed E-state index contributed by atoms with van der Waals surface area (Å²) in [6.45, 7) is 10.4. The van der Waals surface area contributed by atoms with Crippen LogP contribution in [0, 0.1) is 13.8 Å². The third-order valence-corrected chi connectivity index (χ3v) is 5.93. The van der Waals surface area contributed by atoms with Crippen molar-refractivity contribution in [3.8, 4) is 0 Å². The number of nitrogens with one attached hydrogen (secondary N) is 1. The lowest BCUT2D eigenvalue weighted by molar-refractivity contribution is 0.586. The lowest BCUT2D eigenvalue weighted by Crippen LogP contribution is -2.24. The van der Waals surface area contributed by atoms with Crippen molar-refractivity contribution in [3.63, 3.8) is 0 Å². The molecule has 2 rings (SSSR count). The van der Waals surface area contributed by atoms with E-state index in [1.54, 1.807) is 12.1 Å². The normalized spacial score (nSPS) is 12.9. The standard InChI is InChI=1S/C21H29N3O2S/c1-15-12-16(2)14-18(13-15)24-20(22)23-10-11-27(25,26)19-8-6-17(7-9-19)21(3,4)5/h6-9,12-14H,10-11H2,1-5H3,(H3,22,23,24). The monoisotopic (exact) mass is 387 g/mol. The van der Waals surface area contributed by atoms with Crippen molar-refractivity contribution in [1.29, 1.82) is 0 Å². The Hall–Kier alpha value is -2.34. The van der Waals surface area contributed by atoms with Gasteiger partial charge in [-0.2, -0.15) is 0 Å². The van der Waals surface area contributed by atoms with E-state index in [1.165, 1.54) is 0 Å². The van der Waals surface area contributed by atoms with Crippen LogP contribution in [0.2, 0.25) is 0 Å². The summed E-state index contributed by atoms with van der Waals surface area (Å²) in [5.41, 5.74) is 10.0. The zero-order valence-electron chi connectivity index (χ0n) is 16.7. The highest BCUT2D eigenvalue weighted by Gasteiger charge is 2.17. The summed E-state index contributed by atoms with van der Waals surface area (Å²) >= 11 is 0. The molecule has 0 heterocycles. The topological polar surface area (TPSA) is 84.5 Å². The minimum absolute atomic E-state index is 0.0130. The van der Waals surface area contributed by atoms with Gasteiger partial charge in [0.2, 0.25) is 0 Å². The Morgan fingerprint density at radius 2 is 1.59 bits per heavy atom. The average Bonchev–Trinajstić information content (AvgIpc) is 2.53. The molecule has 27 heavy (non-hydrogen) atoms. The van der Waals surface area contributed by atoms with Crippen molar-refractivity contribution in [2.24, 2.45) is 10.7 Å². The van der Waals surface area contributed by atoms with Gasteiger partial charge in [0.05, 0.1) is 17.2 Å². The molecule has 2 aromatic rings. The zero-order valence-corrected chi connectivity index (χ0v) is 17.5. The van der Waals surface area contributed by atoms with Crippen molar-refractivity contribution in [3.05, 3.63) is 59.2 Å². The smallest absolute Gasteiger partial charge is 0.193 e. The fourth-order valence-electron chi connectivity index (χ4n) is 2.80. The van der Waals surface area contributed by atoms with Gasteiger partial charge in [0.15, 0.2) is 15.8 Å². The van der Waals surface area contributed by atoms with Crippen molar-refractivity contribution in [2.45, 2.75) is 44.9 Å². The summed E-state index contributed by atoms with van der Waals surface area (Å²) in [6.07, 6.45) is 0. The molecule has 146 valence electrons. The molecule has 0 atom stereocenters. The number of aliphatic imine (C=N–C) groups is 1. The third-order valence-electron chi connectivity index (χ3n) is 4.22. The average molecular weight is 388 g/mol. The highest BCUT2D eigenvalue weighted by Crippen LogP contribution is 2.23. The van der Waals surface area contributed by atoms with Crippen LogP contribution in [0.15, 0.2) is 52.4 Å². The Labute approximate surface area is 162 Å². The van der Waals surface area contributed by atoms with Gasteiger partial charge in [0.1, 0.15) is 0 Å². The molecule has 0 aliphatic carbocycles. The third kappa shape index (κ3) is 6.10. The van der Waals surface area contributed by atoms with E-state index < -0.39 is 9.84 Å². The molecule has 5 nitrogen and oxygen atoms in total. The van der Waals surface area contributed by atoms with Crippen LogP contribution in [0.1, 0.15) is 37.5 Å². The Kier molecular flexibility index (Phi) is 6.31. The maximum atomic E-state index is 12.5. The summed E-state index contributed by atoms with van der Waals surface area (Å²) in [5, 5.41) is 3.01. The maximum absolute atomic E-state index is 12.5. The predicted octanol–water partition coefficient (Wildman–Crippen LogP) is 3.80. The number of guanidine groups is 1. The van der Waals surface area contributed by atoms with E-state index in [2.05, 4.69) is 37.1 Å². The molecular formula is C21H29N3O2S. The SMILES string of the molecule is Cc1cc(C)cc(NC(N)=NCCS(=O)(=O)c2ccc(C(C)(C)C)cc2)c1. The quantitative estimate of drug-likeness (QED) is 0.604. The van der Waals surface area contributed by atoms with Gasteiger partial charge in [-0.15, -0.1) is 0 Å². The molecule has 0 saturated heterocycles. The van der Waals surface area contributed by atoms with Gasteiger partial charge in [0, 0.05) is 5.69 Å². The highest BCUT2D eigenvalue weighted by atomic mass is 32.2. The zero-order chi connectivity index (χ0) is 20.2. The minimum Gasteiger partial charge on any atom is -0.370 e. The molecule has 2 aromatic carbocycles. The fourth-order valence-corrected chi connectivity index (χ4v) is 3.92. The number of nitrogens with zero attached hydrogens (tertiary/aromatic N) is 1. The molecular weight excluding hydrogens is 358 g/mol. The van der Waals surface area contributed by atoms with Crippen LogP contribution in [-0.2, 0) is 15.3 Å². The first-order valence-corrected chi connectivity index (χ1v) is 10.6. The summed E-state index contributed by atoms with van der Waals surface area (Å²) in [6, 6.07) is 13.0. The number of rotatable bonds is 5. The number of benzene rings is 2. The fraction of sp³-hybridized carbons (Fsp3) is 0.381. The van der Waals surface area contributed by atoms with Crippen molar-refractivity contribution < 1.29 is 8.42 Å². The molecule has 0 fully saturated rings. The number of aryl methyl sites for hydroxylation is 2. The van der Waals surface area contributed by atoms with E-state index in [9.17, 15) is 8.42 Å². The van der Waals surface area contributed by atoms with Gasteiger partial charge in [-0.25, -0.2) is 8.42 Å². The number of sulfone groups is 1. The van der Waals surface area contributed by atoms with Gasteiger partial charge < -0.3 is 11.1 Å². The lowest BCUT2D eigenvalue weighted by atomic mass is 9.87. The van der Waals surface area contributed by atoms with Crippen molar-refractivity contribution >= 4 is 21.5 Å². The highest BCUT2D eigenvalue weighted by molar-refractivity contribution is 7.91. The number of anilines is 1. The van der Waals surface area contributed by atoms with E-state index in [4.69, 9.17) is 5.73 Å². The molecule has 0 bridgehead atoms. The van der Waals surface area contributed by atoms with Gasteiger partial charge in [0.25, 0.3) is 0 Å². The largest absolute Gasteiger partial charge is 0.370 e. The van der Waals surface area contributed by atoms with E-state index in [0.29, 0.717) is 4.90 Å². The first-order valence-electron chi connectivity index (χ1n) is 8.96. The summed E-state index contributed by atoms with van der Waals surface area (Å²) in [5.74, 6) is 0.121. The van der Waals surface area contributed by atoms with Crippen LogP contribution in [-0.4, -0.2) is 26.7 Å². The number of nitrogens with two attached hydrogens (primary N) is 1. The molecule has 0 aromatic heterocycles. The van der Waals surface area contributed by atoms with Crippen LogP contribution in [0.4, 0.5) is 5.69 Å².